The summed E-state index contributed by atoms with van der Waals surface area (Å²) in [5.74, 6) is 0.285. The van der Waals surface area contributed by atoms with Gasteiger partial charge in [-0.05, 0) is 69.9 Å². The van der Waals surface area contributed by atoms with Gasteiger partial charge in [0.05, 0.1) is 23.3 Å². The molecule has 0 radical (unpaired) electrons. The summed E-state index contributed by atoms with van der Waals surface area (Å²) in [5, 5.41) is 6.45. The molecule has 4 rings (SSSR count). The third-order valence-corrected chi connectivity index (χ3v) is 6.65. The number of carbonyl (C=O) groups excluding carboxylic acids is 2. The quantitative estimate of drug-likeness (QED) is 0.546. The molecule has 0 bridgehead atoms. The minimum atomic E-state index is -0.299. The fourth-order valence-corrected chi connectivity index (χ4v) is 4.55. The number of nitrogens with zero attached hydrogens (tertiary/aromatic N) is 1. The lowest BCUT2D eigenvalue weighted by Gasteiger charge is -2.19. The van der Waals surface area contributed by atoms with Crippen molar-refractivity contribution in [1.82, 2.24) is 26.5 Å². The molecule has 3 fully saturated rings. The number of hydrogen-bond acceptors (Lipinski definition) is 6. The molecule has 30 heavy (non-hydrogen) atoms. The van der Waals surface area contributed by atoms with Gasteiger partial charge in [0, 0.05) is 17.8 Å². The maximum atomic E-state index is 12.4. The Hall–Kier alpha value is -1.90. The van der Waals surface area contributed by atoms with Crippen molar-refractivity contribution in [1.29, 1.82) is 0 Å². The first-order chi connectivity index (χ1) is 14.3. The maximum absolute atomic E-state index is 12.4. The molecule has 1 saturated heterocycles. The maximum Gasteiger partial charge on any atom is 0.407 e. The van der Waals surface area contributed by atoms with Gasteiger partial charge in [-0.25, -0.2) is 10.2 Å². The first-order valence-corrected chi connectivity index (χ1v) is 11.1. The summed E-state index contributed by atoms with van der Waals surface area (Å²) in [4.78, 5) is 28.7. The zero-order valence-corrected chi connectivity index (χ0v) is 18.2. The van der Waals surface area contributed by atoms with Crippen LogP contribution in [0.2, 0.25) is 5.02 Å². The minimum absolute atomic E-state index is 0.0393. The van der Waals surface area contributed by atoms with Crippen molar-refractivity contribution in [2.45, 2.75) is 82.6 Å². The Morgan fingerprint density at radius 1 is 1.30 bits per heavy atom. The van der Waals surface area contributed by atoms with E-state index in [1.54, 1.807) is 6.20 Å². The number of rotatable bonds is 6. The lowest BCUT2D eigenvalue weighted by molar-refractivity contribution is -0.121. The van der Waals surface area contributed by atoms with Crippen LogP contribution in [0.25, 0.3) is 0 Å². The fraction of sp³-hybridized carbons (Fsp3) is 0.667. The highest BCUT2D eigenvalue weighted by atomic mass is 35.5. The van der Waals surface area contributed by atoms with Crippen LogP contribution in [0.5, 0.6) is 0 Å². The second kappa shape index (κ2) is 8.69. The molecule has 1 aliphatic heterocycles. The summed E-state index contributed by atoms with van der Waals surface area (Å²) in [6.07, 6.45) is 6.91. The summed E-state index contributed by atoms with van der Waals surface area (Å²) in [6, 6.07) is 2.04. The van der Waals surface area contributed by atoms with E-state index in [-0.39, 0.29) is 42.3 Å². The SMILES string of the molecule is Cc1cnc(CC(=O)NC2CC([C@H]3CC[C@@H](OC(=O)NC4(C)CC4)C3)NN2)c(Cl)c1. The Labute approximate surface area is 181 Å². The van der Waals surface area contributed by atoms with E-state index in [0.29, 0.717) is 16.6 Å². The monoisotopic (exact) mass is 435 g/mol. The molecular formula is C21H30ClN5O3. The van der Waals surface area contributed by atoms with Crippen molar-refractivity contribution in [2.75, 3.05) is 0 Å². The van der Waals surface area contributed by atoms with Crippen LogP contribution in [0.4, 0.5) is 4.79 Å². The molecule has 3 aliphatic rings. The molecule has 2 amide bonds. The first-order valence-electron chi connectivity index (χ1n) is 10.7. The molecule has 4 N–H and O–H groups in total. The molecule has 0 spiro atoms. The van der Waals surface area contributed by atoms with Crippen LogP contribution in [0.15, 0.2) is 12.3 Å². The number of alkyl carbamates (subject to hydrolysis) is 1. The molecule has 8 nitrogen and oxygen atoms in total. The average Bonchev–Trinajstić information content (AvgIpc) is 3.07. The number of hydrogen-bond donors (Lipinski definition) is 4. The average molecular weight is 436 g/mol. The van der Waals surface area contributed by atoms with Gasteiger partial charge in [-0.1, -0.05) is 11.6 Å². The zero-order valence-electron chi connectivity index (χ0n) is 17.5. The lowest BCUT2D eigenvalue weighted by atomic mass is 9.96. The van der Waals surface area contributed by atoms with Gasteiger partial charge in [-0.2, -0.15) is 0 Å². The molecule has 1 aromatic heterocycles. The van der Waals surface area contributed by atoms with E-state index in [1.807, 2.05) is 19.9 Å². The van der Waals surface area contributed by atoms with Gasteiger partial charge in [0.2, 0.25) is 5.91 Å². The van der Waals surface area contributed by atoms with Crippen LogP contribution in [0.3, 0.4) is 0 Å². The van der Waals surface area contributed by atoms with Crippen LogP contribution in [-0.4, -0.2) is 40.8 Å². The Kier molecular flexibility index (Phi) is 6.18. The number of amides is 2. The van der Waals surface area contributed by atoms with E-state index in [9.17, 15) is 9.59 Å². The number of aromatic nitrogens is 1. The number of nitrogens with one attached hydrogen (secondary N) is 4. The summed E-state index contributed by atoms with van der Waals surface area (Å²) in [6.45, 7) is 3.95. The number of aryl methyl sites for hydroxylation is 1. The van der Waals surface area contributed by atoms with Crippen LogP contribution in [0.1, 0.15) is 56.7 Å². The van der Waals surface area contributed by atoms with Crippen LogP contribution in [0, 0.1) is 12.8 Å². The summed E-state index contributed by atoms with van der Waals surface area (Å²) in [5.41, 5.74) is 7.94. The standard InChI is InChI=1S/C21H30ClN5O3/c1-12-7-15(22)17(23-11-12)10-19(28)24-18-9-16(26-27-18)13-3-4-14(8-13)30-20(29)25-21(2)5-6-21/h7,11,13-14,16,18,26-27H,3-6,8-10H2,1-2H3,(H,24,28)(H,25,29)/t13-,14+,16?,18?/m0/s1. The van der Waals surface area contributed by atoms with Gasteiger partial charge in [0.15, 0.2) is 0 Å². The molecular weight excluding hydrogens is 406 g/mol. The molecule has 0 aromatic carbocycles. The fourth-order valence-electron chi connectivity index (χ4n) is 4.26. The normalized spacial score (nSPS) is 29.4. The molecule has 2 heterocycles. The van der Waals surface area contributed by atoms with Crippen molar-refractivity contribution in [2.24, 2.45) is 5.92 Å². The topological polar surface area (TPSA) is 104 Å². The van der Waals surface area contributed by atoms with E-state index in [0.717, 1.165) is 44.1 Å². The number of carbonyl (C=O) groups is 2. The van der Waals surface area contributed by atoms with E-state index >= 15 is 0 Å². The van der Waals surface area contributed by atoms with Crippen molar-refractivity contribution < 1.29 is 14.3 Å². The molecule has 9 heteroatoms. The summed E-state index contributed by atoms with van der Waals surface area (Å²) >= 11 is 6.18. The van der Waals surface area contributed by atoms with E-state index in [2.05, 4.69) is 26.5 Å². The van der Waals surface area contributed by atoms with Gasteiger partial charge in [0.25, 0.3) is 0 Å². The molecule has 1 aromatic rings. The van der Waals surface area contributed by atoms with Crippen LogP contribution >= 0.6 is 11.6 Å². The number of pyridine rings is 1. The van der Waals surface area contributed by atoms with Crippen LogP contribution in [-0.2, 0) is 16.0 Å². The number of ether oxygens (including phenoxy) is 1. The van der Waals surface area contributed by atoms with Crippen LogP contribution < -0.4 is 21.5 Å². The summed E-state index contributed by atoms with van der Waals surface area (Å²) in [7, 11) is 0. The highest BCUT2D eigenvalue weighted by Gasteiger charge is 2.41. The number of hydrazine groups is 1. The zero-order chi connectivity index (χ0) is 21.3. The highest BCUT2D eigenvalue weighted by Crippen LogP contribution is 2.36. The van der Waals surface area contributed by atoms with Crippen molar-refractivity contribution >= 4 is 23.6 Å². The van der Waals surface area contributed by atoms with Gasteiger partial charge in [-0.3, -0.25) is 15.2 Å². The van der Waals surface area contributed by atoms with E-state index in [4.69, 9.17) is 16.3 Å². The van der Waals surface area contributed by atoms with Gasteiger partial charge in [0.1, 0.15) is 6.10 Å². The second-order valence-electron chi connectivity index (χ2n) is 9.16. The predicted molar refractivity (Wildman–Crippen MR) is 113 cm³/mol. The first kappa shape index (κ1) is 21.3. The van der Waals surface area contributed by atoms with Gasteiger partial charge in [-0.15, -0.1) is 0 Å². The Morgan fingerprint density at radius 3 is 2.83 bits per heavy atom. The Morgan fingerprint density at radius 2 is 2.10 bits per heavy atom. The Balaban J connectivity index is 1.20. The van der Waals surface area contributed by atoms with Crippen molar-refractivity contribution in [3.63, 3.8) is 0 Å². The van der Waals surface area contributed by atoms with Gasteiger partial charge >= 0.3 is 6.09 Å². The van der Waals surface area contributed by atoms with Crippen molar-refractivity contribution in [3.05, 3.63) is 28.5 Å². The smallest absolute Gasteiger partial charge is 0.407 e. The van der Waals surface area contributed by atoms with Gasteiger partial charge < -0.3 is 15.4 Å². The van der Waals surface area contributed by atoms with E-state index in [1.165, 1.54) is 0 Å². The lowest BCUT2D eigenvalue weighted by Crippen LogP contribution is -2.45. The third-order valence-electron chi connectivity index (χ3n) is 6.32. The molecule has 2 saturated carbocycles. The molecule has 2 unspecified atom stereocenters. The molecule has 4 atom stereocenters. The third kappa shape index (κ3) is 5.42. The predicted octanol–water partition coefficient (Wildman–Crippen LogP) is 2.34. The summed E-state index contributed by atoms with van der Waals surface area (Å²) < 4.78 is 5.61. The molecule has 164 valence electrons. The second-order valence-corrected chi connectivity index (χ2v) is 9.56. The van der Waals surface area contributed by atoms with E-state index < -0.39 is 0 Å². The Bertz CT molecular complexity index is 816. The number of halogens is 1. The minimum Gasteiger partial charge on any atom is -0.446 e. The molecule has 2 aliphatic carbocycles. The van der Waals surface area contributed by atoms with Crippen molar-refractivity contribution in [3.8, 4) is 0 Å². The largest absolute Gasteiger partial charge is 0.446 e. The highest BCUT2D eigenvalue weighted by molar-refractivity contribution is 6.31.